The Kier molecular flexibility index (Phi) is 6.38. The van der Waals surface area contributed by atoms with Crippen LogP contribution in [0.1, 0.15) is 50.8 Å². The number of halogens is 1. The van der Waals surface area contributed by atoms with Crippen LogP contribution in [0.4, 0.5) is 5.69 Å². The first-order valence-corrected chi connectivity index (χ1v) is 12.7. The third-order valence-corrected chi connectivity index (χ3v) is 8.43. The van der Waals surface area contributed by atoms with Crippen LogP contribution < -0.4 is 5.32 Å². The monoisotopic (exact) mass is 469 g/mol. The molecular weight excluding hydrogens is 446 g/mol. The summed E-state index contributed by atoms with van der Waals surface area (Å²) >= 11 is 7.47. The Hall–Kier alpha value is -1.62. The number of piperidine rings is 1. The molecule has 1 saturated carbocycles. The summed E-state index contributed by atoms with van der Waals surface area (Å²) in [4.78, 5) is 17.2. The fraction of sp³-hybridized carbons (Fsp3) is 0.526. The Morgan fingerprint density at radius 2 is 2.03 bits per heavy atom. The first-order chi connectivity index (χ1) is 14.3. The first kappa shape index (κ1) is 21.6. The average molecular weight is 470 g/mol. The van der Waals surface area contributed by atoms with Crippen molar-refractivity contribution in [2.75, 3.05) is 18.4 Å². The number of H-pyrrole nitrogens is 1. The van der Waals surface area contributed by atoms with Crippen molar-refractivity contribution in [1.82, 2.24) is 19.5 Å². The molecule has 8 nitrogen and oxygen atoms in total. The molecule has 1 aliphatic carbocycles. The largest absolute Gasteiger partial charge is 0.324 e. The number of thioether (sulfide) groups is 1. The van der Waals surface area contributed by atoms with Gasteiger partial charge in [0, 0.05) is 19.0 Å². The van der Waals surface area contributed by atoms with E-state index >= 15 is 0 Å². The minimum atomic E-state index is -3.61. The summed E-state index contributed by atoms with van der Waals surface area (Å²) in [7, 11) is -3.61. The molecule has 1 aromatic heterocycles. The molecule has 30 heavy (non-hydrogen) atoms. The standard InChI is InChI=1S/C19H24ClN5O3S2/c1-12(29-19-22-17(23-24-19)13-5-6-13)18(26)21-16-11-14(7-8-15(16)20)30(27,28)25-9-3-2-4-10-25/h7-8,11-13H,2-6,9-10H2,1H3,(H,21,26)(H,22,23,24). The van der Waals surface area contributed by atoms with Crippen LogP contribution in [0.5, 0.6) is 0 Å². The second kappa shape index (κ2) is 8.86. The molecule has 2 aromatic rings. The fourth-order valence-corrected chi connectivity index (χ4v) is 5.75. The molecule has 1 saturated heterocycles. The van der Waals surface area contributed by atoms with Crippen LogP contribution in [0.3, 0.4) is 0 Å². The van der Waals surface area contributed by atoms with E-state index in [9.17, 15) is 13.2 Å². The number of nitrogens with zero attached hydrogens (tertiary/aromatic N) is 3. The zero-order valence-electron chi connectivity index (χ0n) is 16.6. The van der Waals surface area contributed by atoms with E-state index in [1.807, 2.05) is 0 Å². The minimum Gasteiger partial charge on any atom is -0.324 e. The molecule has 2 N–H and O–H groups in total. The number of carbonyl (C=O) groups excluding carboxylic acids is 1. The predicted octanol–water partition coefficient (Wildman–Crippen LogP) is 3.63. The third kappa shape index (κ3) is 4.82. The summed E-state index contributed by atoms with van der Waals surface area (Å²) in [6.07, 6.45) is 4.98. The van der Waals surface area contributed by atoms with Gasteiger partial charge < -0.3 is 5.32 Å². The number of aromatic nitrogens is 3. The topological polar surface area (TPSA) is 108 Å². The number of aromatic amines is 1. The van der Waals surface area contributed by atoms with Crippen molar-refractivity contribution in [3.8, 4) is 0 Å². The quantitative estimate of drug-likeness (QED) is 0.599. The highest BCUT2D eigenvalue weighted by molar-refractivity contribution is 8.00. The molecule has 0 bridgehead atoms. The van der Waals surface area contributed by atoms with Crippen LogP contribution in [0.15, 0.2) is 28.3 Å². The maximum atomic E-state index is 12.9. The van der Waals surface area contributed by atoms with Gasteiger partial charge in [0.15, 0.2) is 0 Å². The maximum absolute atomic E-state index is 12.9. The highest BCUT2D eigenvalue weighted by Gasteiger charge is 2.29. The Balaban J connectivity index is 1.45. The number of hydrogen-bond acceptors (Lipinski definition) is 6. The normalized spacial score (nSPS) is 18.9. The van der Waals surface area contributed by atoms with Crippen LogP contribution in [0.2, 0.25) is 5.02 Å². The average Bonchev–Trinajstić information content (AvgIpc) is 3.49. The summed E-state index contributed by atoms with van der Waals surface area (Å²) in [6, 6.07) is 4.41. The number of anilines is 1. The molecule has 2 aliphatic rings. The molecule has 11 heteroatoms. The van der Waals surface area contributed by atoms with Gasteiger partial charge in [-0.25, -0.2) is 13.4 Å². The van der Waals surface area contributed by atoms with Crippen LogP contribution in [0.25, 0.3) is 0 Å². The minimum absolute atomic E-state index is 0.132. The van der Waals surface area contributed by atoms with Crippen molar-refractivity contribution < 1.29 is 13.2 Å². The molecule has 2 heterocycles. The SMILES string of the molecule is CC(Sc1n[nH]c(C2CC2)n1)C(=O)Nc1cc(S(=O)(=O)N2CCCCC2)ccc1Cl. The van der Waals surface area contributed by atoms with E-state index in [2.05, 4.69) is 20.5 Å². The number of nitrogens with one attached hydrogen (secondary N) is 2. The number of rotatable bonds is 7. The molecule has 1 aliphatic heterocycles. The molecule has 1 aromatic carbocycles. The van der Waals surface area contributed by atoms with E-state index in [1.54, 1.807) is 6.92 Å². The van der Waals surface area contributed by atoms with Crippen LogP contribution in [-0.2, 0) is 14.8 Å². The Bertz CT molecular complexity index is 1030. The summed E-state index contributed by atoms with van der Waals surface area (Å²) in [6.45, 7) is 2.77. The van der Waals surface area contributed by atoms with E-state index < -0.39 is 15.3 Å². The van der Waals surface area contributed by atoms with E-state index in [1.165, 1.54) is 34.3 Å². The predicted molar refractivity (Wildman–Crippen MR) is 116 cm³/mol. The van der Waals surface area contributed by atoms with Gasteiger partial charge in [-0.05, 0) is 50.8 Å². The van der Waals surface area contributed by atoms with Gasteiger partial charge in [-0.15, -0.1) is 5.10 Å². The van der Waals surface area contributed by atoms with Crippen LogP contribution in [0, 0.1) is 0 Å². The van der Waals surface area contributed by atoms with E-state index in [4.69, 9.17) is 11.6 Å². The van der Waals surface area contributed by atoms with Crippen molar-refractivity contribution in [2.45, 2.75) is 60.2 Å². The summed E-state index contributed by atoms with van der Waals surface area (Å²) in [5.74, 6) is 1.02. The molecule has 1 amide bonds. The Morgan fingerprint density at radius 1 is 1.30 bits per heavy atom. The zero-order chi connectivity index (χ0) is 21.3. The number of amides is 1. The molecule has 2 fully saturated rings. The van der Waals surface area contributed by atoms with Gasteiger partial charge in [-0.2, -0.15) is 4.31 Å². The van der Waals surface area contributed by atoms with Crippen molar-refractivity contribution in [2.24, 2.45) is 0 Å². The van der Waals surface area contributed by atoms with Gasteiger partial charge in [0.05, 0.1) is 20.9 Å². The number of hydrogen-bond donors (Lipinski definition) is 2. The third-order valence-electron chi connectivity index (χ3n) is 5.25. The second-order valence-electron chi connectivity index (χ2n) is 7.63. The maximum Gasteiger partial charge on any atom is 0.243 e. The number of sulfonamides is 1. The van der Waals surface area contributed by atoms with Crippen molar-refractivity contribution in [1.29, 1.82) is 0 Å². The summed E-state index contributed by atoms with van der Waals surface area (Å²) < 4.78 is 27.3. The van der Waals surface area contributed by atoms with E-state index in [0.29, 0.717) is 24.2 Å². The van der Waals surface area contributed by atoms with Gasteiger partial charge in [-0.3, -0.25) is 9.89 Å². The van der Waals surface area contributed by atoms with Crippen LogP contribution >= 0.6 is 23.4 Å². The molecule has 162 valence electrons. The zero-order valence-corrected chi connectivity index (χ0v) is 19.0. The van der Waals surface area contributed by atoms with E-state index in [0.717, 1.165) is 37.9 Å². The van der Waals surface area contributed by atoms with Gasteiger partial charge in [-0.1, -0.05) is 29.8 Å². The summed E-state index contributed by atoms with van der Waals surface area (Å²) in [5.41, 5.74) is 0.279. The van der Waals surface area contributed by atoms with Crippen LogP contribution in [-0.4, -0.2) is 52.2 Å². The molecule has 0 radical (unpaired) electrons. The lowest BCUT2D eigenvalue weighted by Gasteiger charge is -2.26. The Morgan fingerprint density at radius 3 is 2.73 bits per heavy atom. The lowest BCUT2D eigenvalue weighted by atomic mass is 10.2. The van der Waals surface area contributed by atoms with E-state index in [-0.39, 0.29) is 21.5 Å². The Labute approximate surface area is 185 Å². The van der Waals surface area contributed by atoms with Crippen molar-refractivity contribution in [3.63, 3.8) is 0 Å². The smallest absolute Gasteiger partial charge is 0.243 e. The molecule has 0 spiro atoms. The van der Waals surface area contributed by atoms with Gasteiger partial charge in [0.25, 0.3) is 0 Å². The molecular formula is C19H24ClN5O3S2. The van der Waals surface area contributed by atoms with Crippen molar-refractivity contribution >= 4 is 45.0 Å². The molecule has 1 unspecified atom stereocenters. The van der Waals surface area contributed by atoms with Crippen molar-refractivity contribution in [3.05, 3.63) is 29.0 Å². The molecule has 4 rings (SSSR count). The lowest BCUT2D eigenvalue weighted by Crippen LogP contribution is -2.35. The second-order valence-corrected chi connectivity index (χ2v) is 11.3. The summed E-state index contributed by atoms with van der Waals surface area (Å²) in [5, 5.41) is 10.2. The van der Waals surface area contributed by atoms with Gasteiger partial charge >= 0.3 is 0 Å². The number of carbonyl (C=O) groups is 1. The van der Waals surface area contributed by atoms with Gasteiger partial charge in [0.2, 0.25) is 21.1 Å². The fourth-order valence-electron chi connectivity index (χ4n) is 3.31. The number of benzene rings is 1. The first-order valence-electron chi connectivity index (χ1n) is 10.0. The lowest BCUT2D eigenvalue weighted by molar-refractivity contribution is -0.115. The molecule has 1 atom stereocenters. The highest BCUT2D eigenvalue weighted by atomic mass is 35.5. The highest BCUT2D eigenvalue weighted by Crippen LogP contribution is 2.38. The van der Waals surface area contributed by atoms with Gasteiger partial charge in [0.1, 0.15) is 5.82 Å².